The van der Waals surface area contributed by atoms with Gasteiger partial charge in [-0.15, -0.1) is 0 Å². The molecule has 0 atom stereocenters. The Kier molecular flexibility index (Phi) is 4.51. The zero-order valence-corrected chi connectivity index (χ0v) is 8.36. The fraction of sp³-hybridized carbons (Fsp3) is 0.889. The van der Waals surface area contributed by atoms with Crippen molar-refractivity contribution in [2.75, 3.05) is 18.1 Å². The van der Waals surface area contributed by atoms with E-state index in [9.17, 15) is 4.79 Å². The number of carbonyl (C=O) groups is 1. The minimum Gasteiger partial charge on any atom is -0.466 e. The SMILES string of the molecule is CC(=O)OCCC1CCSCC1. The second-order valence-electron chi connectivity index (χ2n) is 3.18. The van der Waals surface area contributed by atoms with Gasteiger partial charge >= 0.3 is 5.97 Å². The standard InChI is InChI=1S/C9H16O2S/c1-8(10)11-5-2-9-3-6-12-7-4-9/h9H,2-7H2,1H3. The quantitative estimate of drug-likeness (QED) is 0.634. The Balaban J connectivity index is 2.01. The molecule has 0 aromatic heterocycles. The van der Waals surface area contributed by atoms with E-state index in [4.69, 9.17) is 4.74 Å². The maximum atomic E-state index is 10.5. The third-order valence-electron chi connectivity index (χ3n) is 2.17. The average molecular weight is 188 g/mol. The maximum absolute atomic E-state index is 10.5. The van der Waals surface area contributed by atoms with Gasteiger partial charge in [0.15, 0.2) is 0 Å². The maximum Gasteiger partial charge on any atom is 0.302 e. The van der Waals surface area contributed by atoms with Crippen molar-refractivity contribution in [3.63, 3.8) is 0 Å². The molecule has 3 heteroatoms. The molecule has 0 aromatic carbocycles. The van der Waals surface area contributed by atoms with E-state index in [1.807, 2.05) is 11.8 Å². The molecule has 0 aromatic rings. The Morgan fingerprint density at radius 2 is 2.17 bits per heavy atom. The minimum absolute atomic E-state index is 0.153. The first kappa shape index (κ1) is 9.90. The van der Waals surface area contributed by atoms with E-state index in [1.54, 1.807) is 0 Å². The molecule has 2 nitrogen and oxygen atoms in total. The van der Waals surface area contributed by atoms with E-state index < -0.39 is 0 Å². The van der Waals surface area contributed by atoms with Crippen LogP contribution in [0, 0.1) is 5.92 Å². The summed E-state index contributed by atoms with van der Waals surface area (Å²) in [7, 11) is 0. The highest BCUT2D eigenvalue weighted by Crippen LogP contribution is 2.24. The largest absolute Gasteiger partial charge is 0.466 e. The summed E-state index contributed by atoms with van der Waals surface area (Å²) in [4.78, 5) is 10.5. The van der Waals surface area contributed by atoms with Gasteiger partial charge in [-0.2, -0.15) is 11.8 Å². The number of thioether (sulfide) groups is 1. The number of esters is 1. The molecule has 0 bridgehead atoms. The monoisotopic (exact) mass is 188 g/mol. The third kappa shape index (κ3) is 4.00. The van der Waals surface area contributed by atoms with Gasteiger partial charge < -0.3 is 4.74 Å². The first-order valence-electron chi connectivity index (χ1n) is 4.50. The Morgan fingerprint density at radius 1 is 1.50 bits per heavy atom. The molecule has 1 aliphatic rings. The number of ether oxygens (including phenoxy) is 1. The highest BCUT2D eigenvalue weighted by molar-refractivity contribution is 7.99. The molecule has 0 unspecified atom stereocenters. The third-order valence-corrected chi connectivity index (χ3v) is 3.22. The zero-order valence-electron chi connectivity index (χ0n) is 7.54. The van der Waals surface area contributed by atoms with Crippen LogP contribution < -0.4 is 0 Å². The van der Waals surface area contributed by atoms with Crippen LogP contribution in [0.3, 0.4) is 0 Å². The van der Waals surface area contributed by atoms with Crippen LogP contribution in [0.5, 0.6) is 0 Å². The summed E-state index contributed by atoms with van der Waals surface area (Å²) in [6, 6.07) is 0. The number of rotatable bonds is 3. The van der Waals surface area contributed by atoms with Crippen LogP contribution in [0.25, 0.3) is 0 Å². The van der Waals surface area contributed by atoms with E-state index in [2.05, 4.69) is 0 Å². The Morgan fingerprint density at radius 3 is 2.75 bits per heavy atom. The minimum atomic E-state index is -0.153. The van der Waals surface area contributed by atoms with Gasteiger partial charge in [0.2, 0.25) is 0 Å². The summed E-state index contributed by atoms with van der Waals surface area (Å²) in [5, 5.41) is 0. The Labute approximate surface area is 78.1 Å². The predicted octanol–water partition coefficient (Wildman–Crippen LogP) is 2.08. The molecule has 0 aliphatic carbocycles. The number of hydrogen-bond donors (Lipinski definition) is 0. The average Bonchev–Trinajstić information content (AvgIpc) is 2.05. The van der Waals surface area contributed by atoms with Gasteiger partial charge in [0, 0.05) is 6.92 Å². The molecule has 12 heavy (non-hydrogen) atoms. The number of carbonyl (C=O) groups excluding carboxylic acids is 1. The second kappa shape index (κ2) is 5.46. The van der Waals surface area contributed by atoms with Gasteiger partial charge in [-0.25, -0.2) is 0 Å². The summed E-state index contributed by atoms with van der Waals surface area (Å²) in [5.74, 6) is 3.21. The molecule has 0 saturated carbocycles. The summed E-state index contributed by atoms with van der Waals surface area (Å²) in [6.45, 7) is 2.08. The van der Waals surface area contributed by atoms with Gasteiger partial charge in [-0.1, -0.05) is 0 Å². The first-order chi connectivity index (χ1) is 5.79. The van der Waals surface area contributed by atoms with E-state index >= 15 is 0 Å². The van der Waals surface area contributed by atoms with Gasteiger partial charge in [0.25, 0.3) is 0 Å². The van der Waals surface area contributed by atoms with Crippen molar-refractivity contribution in [3.05, 3.63) is 0 Å². The van der Waals surface area contributed by atoms with Crippen LogP contribution in [-0.4, -0.2) is 24.1 Å². The predicted molar refractivity (Wildman–Crippen MR) is 51.3 cm³/mol. The van der Waals surface area contributed by atoms with E-state index in [1.165, 1.54) is 31.3 Å². The first-order valence-corrected chi connectivity index (χ1v) is 5.65. The van der Waals surface area contributed by atoms with Gasteiger partial charge in [0.1, 0.15) is 0 Å². The van der Waals surface area contributed by atoms with Crippen LogP contribution in [-0.2, 0) is 9.53 Å². The number of hydrogen-bond acceptors (Lipinski definition) is 3. The van der Waals surface area contributed by atoms with Crippen molar-refractivity contribution >= 4 is 17.7 Å². The van der Waals surface area contributed by atoms with Crippen LogP contribution in [0.4, 0.5) is 0 Å². The van der Waals surface area contributed by atoms with Gasteiger partial charge in [0.05, 0.1) is 6.61 Å². The lowest BCUT2D eigenvalue weighted by Gasteiger charge is -2.20. The van der Waals surface area contributed by atoms with Crippen molar-refractivity contribution < 1.29 is 9.53 Å². The molecule has 0 spiro atoms. The van der Waals surface area contributed by atoms with E-state index in [0.717, 1.165) is 12.3 Å². The van der Waals surface area contributed by atoms with Crippen LogP contribution >= 0.6 is 11.8 Å². The molecule has 1 aliphatic heterocycles. The lowest BCUT2D eigenvalue weighted by atomic mass is 10.00. The van der Waals surface area contributed by atoms with E-state index in [0.29, 0.717) is 6.61 Å². The highest BCUT2D eigenvalue weighted by Gasteiger charge is 2.13. The van der Waals surface area contributed by atoms with Crippen molar-refractivity contribution in [1.82, 2.24) is 0 Å². The lowest BCUT2D eigenvalue weighted by molar-refractivity contribution is -0.141. The summed E-state index contributed by atoms with van der Waals surface area (Å²) in [5.41, 5.74) is 0. The molecule has 0 amide bonds. The molecule has 1 saturated heterocycles. The van der Waals surface area contributed by atoms with Crippen molar-refractivity contribution in [1.29, 1.82) is 0 Å². The van der Waals surface area contributed by atoms with Gasteiger partial charge in [-0.05, 0) is 36.7 Å². The molecule has 1 fully saturated rings. The smallest absolute Gasteiger partial charge is 0.302 e. The van der Waals surface area contributed by atoms with Crippen molar-refractivity contribution in [2.45, 2.75) is 26.2 Å². The second-order valence-corrected chi connectivity index (χ2v) is 4.41. The fourth-order valence-electron chi connectivity index (χ4n) is 1.40. The van der Waals surface area contributed by atoms with Crippen LogP contribution in [0.15, 0.2) is 0 Å². The Hall–Kier alpha value is -0.180. The molecular weight excluding hydrogens is 172 g/mol. The highest BCUT2D eigenvalue weighted by atomic mass is 32.2. The fourth-order valence-corrected chi connectivity index (χ4v) is 2.61. The van der Waals surface area contributed by atoms with Crippen molar-refractivity contribution in [2.24, 2.45) is 5.92 Å². The van der Waals surface area contributed by atoms with Crippen LogP contribution in [0.1, 0.15) is 26.2 Å². The molecule has 0 N–H and O–H groups in total. The molecule has 1 rings (SSSR count). The zero-order chi connectivity index (χ0) is 8.81. The lowest BCUT2D eigenvalue weighted by Crippen LogP contribution is -2.13. The molecule has 0 radical (unpaired) electrons. The normalized spacial score (nSPS) is 19.1. The van der Waals surface area contributed by atoms with E-state index in [-0.39, 0.29) is 5.97 Å². The summed E-state index contributed by atoms with van der Waals surface area (Å²) >= 11 is 2.03. The summed E-state index contributed by atoms with van der Waals surface area (Å²) < 4.78 is 4.90. The molecule has 1 heterocycles. The molecular formula is C9H16O2S. The van der Waals surface area contributed by atoms with Gasteiger partial charge in [-0.3, -0.25) is 4.79 Å². The summed E-state index contributed by atoms with van der Waals surface area (Å²) in [6.07, 6.45) is 3.65. The molecule has 70 valence electrons. The Bertz CT molecular complexity index is 141. The van der Waals surface area contributed by atoms with Crippen molar-refractivity contribution in [3.8, 4) is 0 Å². The topological polar surface area (TPSA) is 26.3 Å². The van der Waals surface area contributed by atoms with Crippen LogP contribution in [0.2, 0.25) is 0 Å².